The number of hydrogen-bond donors (Lipinski definition) is 3. The van der Waals surface area contributed by atoms with E-state index in [-0.39, 0.29) is 17.7 Å². The second-order valence-corrected chi connectivity index (χ2v) is 6.18. The Morgan fingerprint density at radius 2 is 1.73 bits per heavy atom. The van der Waals surface area contributed by atoms with Gasteiger partial charge in [-0.15, -0.1) is 0 Å². The molecule has 1 amide bonds. The van der Waals surface area contributed by atoms with Crippen LogP contribution in [0.5, 0.6) is 17.2 Å². The Hall–Kier alpha value is -3.82. The minimum absolute atomic E-state index is 0.0825. The van der Waals surface area contributed by atoms with Crippen LogP contribution in [0.4, 0.5) is 13.2 Å². The number of benzene rings is 2. The molecule has 0 saturated carbocycles. The highest BCUT2D eigenvalue weighted by atomic mass is 19.4. The van der Waals surface area contributed by atoms with Crippen LogP contribution in [-0.2, 0) is 11.0 Å². The first-order valence-electron chi connectivity index (χ1n) is 8.63. The van der Waals surface area contributed by atoms with Crippen molar-refractivity contribution in [1.82, 2.24) is 10.3 Å². The Morgan fingerprint density at radius 1 is 1.03 bits per heavy atom. The van der Waals surface area contributed by atoms with Crippen LogP contribution in [0.25, 0.3) is 10.8 Å². The van der Waals surface area contributed by atoms with Crippen LogP contribution in [0.1, 0.15) is 22.6 Å². The minimum atomic E-state index is -4.92. The molecule has 0 aliphatic carbocycles. The van der Waals surface area contributed by atoms with Gasteiger partial charge in [0, 0.05) is 17.3 Å². The summed E-state index contributed by atoms with van der Waals surface area (Å²) < 4.78 is 46.4. The highest BCUT2D eigenvalue weighted by molar-refractivity contribution is 6.03. The molecule has 0 saturated heterocycles. The number of nitrogens with zero attached hydrogens (tertiary/aromatic N) is 1. The van der Waals surface area contributed by atoms with Crippen molar-refractivity contribution >= 4 is 22.6 Å². The number of aromatic hydroxyl groups is 1. The molecule has 1 aromatic heterocycles. The molecule has 0 aliphatic heterocycles. The van der Waals surface area contributed by atoms with E-state index in [0.717, 1.165) is 6.07 Å². The Balaban J connectivity index is 2.05. The van der Waals surface area contributed by atoms with Gasteiger partial charge >= 0.3 is 12.1 Å². The molecule has 3 aromatic rings. The van der Waals surface area contributed by atoms with Crippen molar-refractivity contribution in [2.75, 3.05) is 6.54 Å². The summed E-state index contributed by atoms with van der Waals surface area (Å²) in [6.45, 7) is -0.335. The van der Waals surface area contributed by atoms with E-state index in [1.165, 1.54) is 12.1 Å². The molecule has 1 heterocycles. The lowest BCUT2D eigenvalue weighted by atomic mass is 10.1. The average molecular weight is 420 g/mol. The fraction of sp³-hybridized carbons (Fsp3) is 0.150. The van der Waals surface area contributed by atoms with E-state index >= 15 is 0 Å². The number of carboxylic acid groups (broad SMARTS) is 1. The summed E-state index contributed by atoms with van der Waals surface area (Å²) in [5, 5.41) is 20.4. The highest BCUT2D eigenvalue weighted by Gasteiger charge is 2.37. The predicted molar refractivity (Wildman–Crippen MR) is 99.5 cm³/mol. The molecule has 0 aliphatic rings. The van der Waals surface area contributed by atoms with E-state index in [1.807, 2.05) is 0 Å². The van der Waals surface area contributed by atoms with Gasteiger partial charge in [-0.2, -0.15) is 13.2 Å². The first-order valence-corrected chi connectivity index (χ1v) is 8.63. The first kappa shape index (κ1) is 20.9. The van der Waals surface area contributed by atoms with Gasteiger partial charge in [0.2, 0.25) is 0 Å². The van der Waals surface area contributed by atoms with Crippen LogP contribution in [0, 0.1) is 0 Å². The van der Waals surface area contributed by atoms with Crippen molar-refractivity contribution in [2.24, 2.45) is 0 Å². The Morgan fingerprint density at radius 3 is 2.37 bits per heavy atom. The number of amides is 1. The maximum Gasteiger partial charge on any atom is 0.433 e. The Kier molecular flexibility index (Phi) is 5.77. The average Bonchev–Trinajstić information content (AvgIpc) is 2.67. The zero-order valence-electron chi connectivity index (χ0n) is 15.2. The third-order valence-corrected chi connectivity index (χ3v) is 4.04. The number of carbonyl (C=O) groups excluding carboxylic acids is 1. The number of rotatable bonds is 6. The zero-order chi connectivity index (χ0) is 21.9. The molecule has 156 valence electrons. The number of halogens is 3. The lowest BCUT2D eigenvalue weighted by molar-refractivity contribution is -0.140. The number of nitrogens with one attached hydrogen (secondary N) is 1. The Bertz CT molecular complexity index is 1100. The number of carboxylic acids is 1. The summed E-state index contributed by atoms with van der Waals surface area (Å²) in [4.78, 5) is 26.0. The first-order chi connectivity index (χ1) is 14.2. The Labute approximate surface area is 167 Å². The van der Waals surface area contributed by atoms with E-state index in [0.29, 0.717) is 5.75 Å². The van der Waals surface area contributed by atoms with Crippen LogP contribution >= 0.6 is 0 Å². The molecule has 3 rings (SSSR count). The van der Waals surface area contributed by atoms with E-state index < -0.39 is 47.0 Å². The molecule has 0 radical (unpaired) electrons. The molecule has 30 heavy (non-hydrogen) atoms. The van der Waals surface area contributed by atoms with Gasteiger partial charge in [0.15, 0.2) is 17.1 Å². The third-order valence-electron chi connectivity index (χ3n) is 4.04. The fourth-order valence-electron chi connectivity index (χ4n) is 2.71. The molecular weight excluding hydrogens is 405 g/mol. The number of aliphatic carboxylic acids is 1. The lowest BCUT2D eigenvalue weighted by Gasteiger charge is -2.15. The van der Waals surface area contributed by atoms with Gasteiger partial charge in [0.05, 0.1) is 6.42 Å². The van der Waals surface area contributed by atoms with Gasteiger partial charge < -0.3 is 20.3 Å². The fourth-order valence-corrected chi connectivity index (χ4v) is 2.71. The molecule has 0 bridgehead atoms. The summed E-state index contributed by atoms with van der Waals surface area (Å²) in [6.07, 6.45) is -5.36. The third kappa shape index (κ3) is 4.59. The van der Waals surface area contributed by atoms with Gasteiger partial charge in [-0.3, -0.25) is 9.59 Å². The van der Waals surface area contributed by atoms with Crippen LogP contribution in [-0.4, -0.2) is 33.6 Å². The molecule has 7 nitrogen and oxygen atoms in total. The number of para-hydroxylation sites is 1. The van der Waals surface area contributed by atoms with Gasteiger partial charge in [0.25, 0.3) is 5.91 Å². The summed E-state index contributed by atoms with van der Waals surface area (Å²) in [5.74, 6) is -2.59. The van der Waals surface area contributed by atoms with E-state index in [4.69, 9.17) is 9.84 Å². The summed E-state index contributed by atoms with van der Waals surface area (Å²) >= 11 is 0. The number of hydrogen-bond acceptors (Lipinski definition) is 5. The molecular formula is C20H15F3N2O5. The van der Waals surface area contributed by atoms with Crippen LogP contribution in [0.3, 0.4) is 0 Å². The zero-order valence-corrected chi connectivity index (χ0v) is 15.2. The molecule has 0 atom stereocenters. The number of fused-ring (bicyclic) bond motifs is 1. The van der Waals surface area contributed by atoms with Crippen molar-refractivity contribution in [2.45, 2.75) is 12.6 Å². The number of aromatic nitrogens is 1. The molecule has 10 heteroatoms. The van der Waals surface area contributed by atoms with Gasteiger partial charge in [-0.25, -0.2) is 4.98 Å². The van der Waals surface area contributed by atoms with Crippen LogP contribution in [0.15, 0.2) is 48.5 Å². The smallest absolute Gasteiger partial charge is 0.433 e. The maximum atomic E-state index is 13.6. The number of ether oxygens (including phenoxy) is 1. The predicted octanol–water partition coefficient (Wildman–Crippen LogP) is 3.96. The topological polar surface area (TPSA) is 109 Å². The lowest BCUT2D eigenvalue weighted by Crippen LogP contribution is -2.27. The molecule has 0 spiro atoms. The largest absolute Gasteiger partial charge is 0.505 e. The minimum Gasteiger partial charge on any atom is -0.505 e. The van der Waals surface area contributed by atoms with Crippen molar-refractivity contribution in [3.8, 4) is 17.2 Å². The molecule has 0 unspecified atom stereocenters. The summed E-state index contributed by atoms with van der Waals surface area (Å²) in [5.41, 5.74) is -2.23. The van der Waals surface area contributed by atoms with Crippen molar-refractivity contribution < 1.29 is 37.7 Å². The monoisotopic (exact) mass is 420 g/mol. The molecule has 0 fully saturated rings. The SMILES string of the molecule is O=C(O)CCNC(=O)c1nc(C(F)(F)F)c2cc(Oc3ccccc3)ccc2c1O. The van der Waals surface area contributed by atoms with Crippen LogP contribution in [0.2, 0.25) is 0 Å². The molecule has 2 aromatic carbocycles. The second kappa shape index (κ2) is 8.27. The van der Waals surface area contributed by atoms with Crippen molar-refractivity contribution in [3.63, 3.8) is 0 Å². The van der Waals surface area contributed by atoms with Crippen molar-refractivity contribution in [3.05, 3.63) is 59.9 Å². The van der Waals surface area contributed by atoms with Gasteiger partial charge in [-0.1, -0.05) is 18.2 Å². The van der Waals surface area contributed by atoms with Gasteiger partial charge in [-0.05, 0) is 30.3 Å². The number of carbonyl (C=O) groups is 2. The van der Waals surface area contributed by atoms with E-state index in [9.17, 15) is 27.9 Å². The van der Waals surface area contributed by atoms with E-state index in [1.54, 1.807) is 30.3 Å². The van der Waals surface area contributed by atoms with E-state index in [2.05, 4.69) is 10.3 Å². The molecule has 3 N–H and O–H groups in total. The number of pyridine rings is 1. The quantitative estimate of drug-likeness (QED) is 0.557. The van der Waals surface area contributed by atoms with Crippen molar-refractivity contribution in [1.29, 1.82) is 0 Å². The standard InChI is InChI=1S/C20H15F3N2O5/c21-20(22,23)18-14-10-12(30-11-4-2-1-3-5-11)6-7-13(14)17(28)16(25-18)19(29)24-9-8-15(26)27/h1-7,10,28H,8-9H2,(H,24,29)(H,26,27). The number of alkyl halides is 3. The van der Waals surface area contributed by atoms with Crippen LogP contribution < -0.4 is 10.1 Å². The highest BCUT2D eigenvalue weighted by Crippen LogP contribution is 2.40. The second-order valence-electron chi connectivity index (χ2n) is 6.18. The van der Waals surface area contributed by atoms with Gasteiger partial charge in [0.1, 0.15) is 11.5 Å². The maximum absolute atomic E-state index is 13.6. The summed E-state index contributed by atoms with van der Waals surface area (Å²) in [6, 6.07) is 12.0. The summed E-state index contributed by atoms with van der Waals surface area (Å²) in [7, 11) is 0. The normalized spacial score (nSPS) is 11.3.